The number of hydrogen-bond donors (Lipinski definition) is 4. The zero-order valence-electron chi connectivity index (χ0n) is 35.2. The van der Waals surface area contributed by atoms with Gasteiger partial charge < -0.3 is 90.8 Å². The van der Waals surface area contributed by atoms with Crippen LogP contribution < -0.4 is 40.4 Å². The minimum Gasteiger partial charge on any atom is -2.00 e. The number of aryl methyl sites for hydroxylation is 2. The van der Waals surface area contributed by atoms with E-state index in [0.717, 1.165) is 25.3 Å². The molecule has 0 aliphatic heterocycles. The molecule has 60 heavy (non-hydrogen) atoms. The fourth-order valence-electron chi connectivity index (χ4n) is 3.81. The minimum atomic E-state index is -5.17. The molecular formula is C32H58N2O20S2V4. The van der Waals surface area contributed by atoms with Crippen molar-refractivity contribution in [3.05, 3.63) is 57.6 Å². The van der Waals surface area contributed by atoms with Crippen LogP contribution in [-0.2, 0) is 143 Å². The van der Waals surface area contributed by atoms with Gasteiger partial charge in [-0.2, -0.15) is 14.2 Å². The second-order valence-electron chi connectivity index (χ2n) is 9.87. The standard InChI is InChI=1S/2C9H11O3.2C6H15N.2CH3O.2H2O4S.4O.4V/c2*1-6-2-7(4-10)9(12)8(3-6)5-11;2*1-4-7(5-2)6-3;2*1-2;2*1-5(2,3)4;;;;;;;;/h2*2-3,10,12H,4-5H2,1H3;2*4-6H2,1-3H3;2*1H3;2*(H2,1,2,3,4);;;;;;;;/q2*-1;;;2*-1;;;4*-2;4*+4/p-4. The number of benzene rings is 2. The van der Waals surface area contributed by atoms with Gasteiger partial charge in [-0.05, 0) is 66.5 Å². The number of hydrogen-bond acceptors (Lipinski definition) is 16. The summed E-state index contributed by atoms with van der Waals surface area (Å²) in [5, 5.41) is 77.5. The van der Waals surface area contributed by atoms with Crippen LogP contribution >= 0.6 is 0 Å². The van der Waals surface area contributed by atoms with Crippen LogP contribution in [0.4, 0.5) is 0 Å². The van der Waals surface area contributed by atoms with Gasteiger partial charge in [0.25, 0.3) is 0 Å². The van der Waals surface area contributed by atoms with Gasteiger partial charge in [0.1, 0.15) is 0 Å². The van der Waals surface area contributed by atoms with Crippen molar-refractivity contribution < 1.29 is 182 Å². The molecule has 0 aromatic heterocycles. The zero-order valence-corrected chi connectivity index (χ0v) is 42.4. The van der Waals surface area contributed by atoms with Crippen molar-refractivity contribution >= 4 is 20.8 Å². The molecule has 0 aliphatic rings. The predicted molar refractivity (Wildman–Crippen MR) is 181 cm³/mol. The van der Waals surface area contributed by atoms with Gasteiger partial charge in [0, 0.05) is 20.8 Å². The van der Waals surface area contributed by atoms with Crippen LogP contribution in [0.3, 0.4) is 0 Å². The maximum atomic E-state index is 11.2. The number of aliphatic hydroxyl groups excluding tert-OH is 2. The van der Waals surface area contributed by atoms with Crippen molar-refractivity contribution in [2.45, 2.75) is 81.8 Å². The summed E-state index contributed by atoms with van der Waals surface area (Å²) in [5.74, 6) is -0.642. The van der Waals surface area contributed by atoms with Gasteiger partial charge in [0.15, 0.2) is 0 Å². The van der Waals surface area contributed by atoms with Gasteiger partial charge in [-0.15, -0.1) is 24.7 Å². The summed E-state index contributed by atoms with van der Waals surface area (Å²) in [4.78, 5) is 3.36. The molecule has 0 fully saturated rings. The van der Waals surface area contributed by atoms with E-state index in [1.54, 1.807) is 47.9 Å². The van der Waals surface area contributed by atoms with Crippen LogP contribution in [0.2, 0.25) is 0 Å². The van der Waals surface area contributed by atoms with Crippen LogP contribution in [0, 0.1) is 13.8 Å². The molecule has 2 rings (SSSR count). The van der Waals surface area contributed by atoms with Gasteiger partial charge in [0.2, 0.25) is 0 Å². The van der Waals surface area contributed by atoms with Crippen molar-refractivity contribution in [3.63, 3.8) is 0 Å². The Morgan fingerprint density at radius 3 is 0.717 bits per heavy atom. The molecule has 0 aliphatic carbocycles. The molecule has 0 amide bonds. The van der Waals surface area contributed by atoms with E-state index in [-0.39, 0.29) is 132 Å². The van der Waals surface area contributed by atoms with Crippen LogP contribution in [0.5, 0.6) is 11.5 Å². The largest absolute Gasteiger partial charge is 4.00 e. The number of nitrogens with one attached hydrogen (secondary N) is 2. The first-order valence-corrected chi connectivity index (χ1v) is 18.5. The molecule has 0 saturated carbocycles. The third-order valence-electron chi connectivity index (χ3n) is 6.43. The normalized spacial score (nSPS) is 8.63. The fraction of sp³-hybridized carbons (Fsp3) is 0.625. The number of rotatable bonds is 10. The Morgan fingerprint density at radius 1 is 0.467 bits per heavy atom. The molecule has 2 aromatic carbocycles. The summed E-state index contributed by atoms with van der Waals surface area (Å²) < 4.78 is 68.2. The summed E-state index contributed by atoms with van der Waals surface area (Å²) in [6, 6.07) is 6.33. The van der Waals surface area contributed by atoms with Crippen LogP contribution in [0.15, 0.2) is 24.3 Å². The average molecular weight is 1060 g/mol. The molecule has 0 heterocycles. The smallest absolute Gasteiger partial charge is 2.00 e. The van der Waals surface area contributed by atoms with E-state index in [1.165, 1.54) is 39.3 Å². The molecule has 0 spiro atoms. The molecule has 0 bridgehead atoms. The molecular weight excluding hydrogens is 1000 g/mol. The molecule has 0 saturated heterocycles. The van der Waals surface area contributed by atoms with E-state index in [9.17, 15) is 20.4 Å². The van der Waals surface area contributed by atoms with E-state index in [4.69, 9.17) is 55.5 Å². The van der Waals surface area contributed by atoms with Crippen molar-refractivity contribution in [2.24, 2.45) is 0 Å². The quantitative estimate of drug-likeness (QED) is 0.127. The molecule has 0 unspecified atom stereocenters. The molecule has 0 atom stereocenters. The van der Waals surface area contributed by atoms with Gasteiger partial charge in [-0.3, -0.25) is 16.8 Å². The summed E-state index contributed by atoms with van der Waals surface area (Å²) in [7, 11) is -8.83. The van der Waals surface area contributed by atoms with E-state index in [2.05, 4.69) is 41.5 Å². The third kappa shape index (κ3) is 69.3. The minimum absolute atomic E-state index is 0. The number of quaternary nitrogens is 2. The first kappa shape index (κ1) is 98.5. The van der Waals surface area contributed by atoms with Gasteiger partial charge in [-0.1, -0.05) is 46.5 Å². The van der Waals surface area contributed by atoms with Gasteiger partial charge >= 0.3 is 74.2 Å². The molecule has 2 aromatic rings. The molecule has 348 valence electrons. The summed E-state index contributed by atoms with van der Waals surface area (Å²) in [6.07, 6.45) is 0. The zero-order chi connectivity index (χ0) is 42.7. The average Bonchev–Trinajstić information content (AvgIpc) is 3.09. The Balaban J connectivity index is -0.0000000347. The maximum Gasteiger partial charge on any atom is 4.00 e. The van der Waals surface area contributed by atoms with Crippen LogP contribution in [0.1, 0.15) is 74.9 Å². The van der Waals surface area contributed by atoms with Crippen molar-refractivity contribution in [3.8, 4) is 11.5 Å². The van der Waals surface area contributed by atoms with Crippen molar-refractivity contribution in [1.82, 2.24) is 0 Å². The molecule has 4 N–H and O–H groups in total. The summed E-state index contributed by atoms with van der Waals surface area (Å²) >= 11 is 0. The Morgan fingerprint density at radius 2 is 0.617 bits per heavy atom. The molecule has 28 heteroatoms. The second-order valence-corrected chi connectivity index (χ2v) is 11.5. The van der Waals surface area contributed by atoms with E-state index >= 15 is 0 Å². The maximum absolute atomic E-state index is 11.2. The molecule has 4 radical (unpaired) electrons. The van der Waals surface area contributed by atoms with Crippen LogP contribution in [0.25, 0.3) is 0 Å². The summed E-state index contributed by atoms with van der Waals surface area (Å²) in [6.45, 7) is 22.9. The molecule has 22 nitrogen and oxygen atoms in total. The van der Waals surface area contributed by atoms with Crippen molar-refractivity contribution in [1.29, 1.82) is 0 Å². The second kappa shape index (κ2) is 62.9. The SMILES string of the molecule is CC[NH+](CC)CC.CC[NH+](CC)CC.C[O-].C[O-].Cc1cc(C[O-])c([O-])c(CO)c1.Cc1cc(C[O-])c([O-])c(CO)c1.O=S(=O)([O-])[O-].O=S(=O)([O-])[O-].[O-2].[O-2].[O-2].[O-2].[V+4].[V+4].[V+4].[V+4]. The fourth-order valence-corrected chi connectivity index (χ4v) is 3.81. The topological polar surface area (TPSA) is 462 Å². The van der Waals surface area contributed by atoms with Gasteiger partial charge in [-0.25, -0.2) is 0 Å². The van der Waals surface area contributed by atoms with Gasteiger partial charge in [0.05, 0.1) is 52.5 Å². The predicted octanol–water partition coefficient (Wildman–Crippen LogP) is -6.50. The monoisotopic (exact) mass is 1060 g/mol. The Bertz CT molecular complexity index is 1170. The Labute approximate surface area is 404 Å². The van der Waals surface area contributed by atoms with E-state index in [0.29, 0.717) is 11.1 Å². The Kier molecular flexibility index (Phi) is 103. The van der Waals surface area contributed by atoms with E-state index < -0.39 is 34.0 Å². The number of aliphatic hydroxyl groups is 2. The van der Waals surface area contributed by atoms with Crippen LogP contribution in [-0.4, -0.2) is 98.7 Å². The third-order valence-corrected chi connectivity index (χ3v) is 6.43. The van der Waals surface area contributed by atoms with Crippen molar-refractivity contribution in [2.75, 3.05) is 53.5 Å². The first-order chi connectivity index (χ1) is 24.1. The summed E-state index contributed by atoms with van der Waals surface area (Å²) in [5.41, 5.74) is 2.76. The first-order valence-electron chi connectivity index (χ1n) is 15.9. The Hall–Kier alpha value is -0.362. The van der Waals surface area contributed by atoms with E-state index in [1.807, 2.05) is 0 Å².